The van der Waals surface area contributed by atoms with Crippen molar-refractivity contribution in [2.24, 2.45) is 9.98 Å². The van der Waals surface area contributed by atoms with Gasteiger partial charge in [0, 0.05) is 0 Å². The van der Waals surface area contributed by atoms with Crippen molar-refractivity contribution < 1.29 is 9.59 Å². The van der Waals surface area contributed by atoms with Gasteiger partial charge in [-0.05, 0) is 49.9 Å². The lowest BCUT2D eigenvalue weighted by Gasteiger charge is -2.06. The predicted molar refractivity (Wildman–Crippen MR) is 66.5 cm³/mol. The number of nitrogens with zero attached hydrogens (tertiary/aromatic N) is 2. The second-order valence-electron chi connectivity index (χ2n) is 3.59. The van der Waals surface area contributed by atoms with Gasteiger partial charge >= 0.3 is 0 Å². The molecule has 0 atom stereocenters. The highest BCUT2D eigenvalue weighted by atomic mass is 16.1. The molecule has 4 nitrogen and oxygen atoms in total. The third-order valence-corrected chi connectivity index (χ3v) is 2.60. The fraction of sp³-hybridized carbons (Fsp3) is 0.385. The van der Waals surface area contributed by atoms with Crippen molar-refractivity contribution in [3.05, 3.63) is 34.4 Å². The number of isocyanates is 2. The molecule has 4 heteroatoms. The molecule has 0 aliphatic heterocycles. The van der Waals surface area contributed by atoms with E-state index in [1.54, 1.807) is 0 Å². The Balaban J connectivity index is 0.000000325. The van der Waals surface area contributed by atoms with Gasteiger partial charge in [-0.25, -0.2) is 9.59 Å². The molecule has 0 aliphatic carbocycles. The number of aryl methyl sites for hydroxylation is 2. The summed E-state index contributed by atoms with van der Waals surface area (Å²) in [6.45, 7) is 8.51. The van der Waals surface area contributed by atoms with E-state index in [9.17, 15) is 9.59 Å². The fourth-order valence-corrected chi connectivity index (χ4v) is 1.18. The summed E-state index contributed by atoms with van der Waals surface area (Å²) in [7, 11) is 0. The van der Waals surface area contributed by atoms with Gasteiger partial charge in [-0.15, -0.1) is 0 Å². The molecule has 0 heterocycles. The molecule has 1 aromatic carbocycles. The maximum absolute atomic E-state index is 9.20. The van der Waals surface area contributed by atoms with E-state index < -0.39 is 0 Å². The van der Waals surface area contributed by atoms with Crippen LogP contribution in [0.15, 0.2) is 22.1 Å². The lowest BCUT2D eigenvalue weighted by Crippen LogP contribution is -1.88. The smallest absolute Gasteiger partial charge is 0.211 e. The first-order valence-electron chi connectivity index (χ1n) is 5.15. The summed E-state index contributed by atoms with van der Waals surface area (Å²) in [5.41, 5.74) is 5.64. The summed E-state index contributed by atoms with van der Waals surface area (Å²) < 4.78 is 0. The van der Waals surface area contributed by atoms with Gasteiger partial charge in [-0.2, -0.15) is 9.98 Å². The molecule has 0 saturated carbocycles. The van der Waals surface area contributed by atoms with E-state index in [0.717, 1.165) is 0 Å². The number of carbonyl (C=O) groups excluding carboxylic acids is 2. The second kappa shape index (κ2) is 8.17. The van der Waals surface area contributed by atoms with E-state index in [2.05, 4.69) is 49.8 Å². The van der Waals surface area contributed by atoms with Crippen LogP contribution in [0.2, 0.25) is 0 Å². The van der Waals surface area contributed by atoms with Gasteiger partial charge in [0.15, 0.2) is 6.67 Å². The molecule has 0 N–H and O–H groups in total. The molecule has 0 unspecified atom stereocenters. The topological polar surface area (TPSA) is 58.9 Å². The summed E-state index contributed by atoms with van der Waals surface area (Å²) >= 11 is 0. The van der Waals surface area contributed by atoms with Crippen LogP contribution < -0.4 is 0 Å². The summed E-state index contributed by atoms with van der Waals surface area (Å²) in [5.74, 6) is 0. The number of benzene rings is 1. The van der Waals surface area contributed by atoms with E-state index >= 15 is 0 Å². The van der Waals surface area contributed by atoms with Crippen LogP contribution in [-0.2, 0) is 9.59 Å². The third-order valence-electron chi connectivity index (χ3n) is 2.60. The third kappa shape index (κ3) is 5.57. The van der Waals surface area contributed by atoms with E-state index in [4.69, 9.17) is 0 Å². The lowest BCUT2D eigenvalue weighted by atomic mass is 10.0. The Bertz CT molecular complexity index is 426. The Morgan fingerprint density at radius 1 is 0.882 bits per heavy atom. The molecule has 0 saturated heterocycles. The van der Waals surface area contributed by atoms with Crippen LogP contribution in [0.25, 0.3) is 0 Å². The first kappa shape index (κ1) is 15.0. The van der Waals surface area contributed by atoms with Crippen molar-refractivity contribution in [1.82, 2.24) is 0 Å². The minimum Gasteiger partial charge on any atom is -0.211 e. The monoisotopic (exact) mass is 232 g/mol. The maximum Gasteiger partial charge on any atom is 0.236 e. The molecular weight excluding hydrogens is 216 g/mol. The van der Waals surface area contributed by atoms with Gasteiger partial charge in [0.2, 0.25) is 12.2 Å². The molecule has 0 fully saturated rings. The largest absolute Gasteiger partial charge is 0.236 e. The summed E-state index contributed by atoms with van der Waals surface area (Å²) in [6, 6.07) is 4.36. The van der Waals surface area contributed by atoms with E-state index in [0.29, 0.717) is 0 Å². The predicted octanol–water partition coefficient (Wildman–Crippen LogP) is 2.54. The normalized spacial score (nSPS) is 8.24. The number of rotatable bonds is 2. The van der Waals surface area contributed by atoms with Crippen LogP contribution in [0, 0.1) is 27.7 Å². The van der Waals surface area contributed by atoms with Gasteiger partial charge in [0.05, 0.1) is 0 Å². The Hall–Kier alpha value is -2.02. The number of aliphatic imine (C=N–C) groups is 2. The van der Waals surface area contributed by atoms with Crippen molar-refractivity contribution in [2.45, 2.75) is 27.7 Å². The van der Waals surface area contributed by atoms with Crippen LogP contribution >= 0.6 is 0 Å². The lowest BCUT2D eigenvalue weighted by molar-refractivity contribution is 0.560. The van der Waals surface area contributed by atoms with Crippen LogP contribution in [0.3, 0.4) is 0 Å². The highest BCUT2D eigenvalue weighted by Crippen LogP contribution is 2.15. The molecular formula is C13H16N2O2. The molecule has 90 valence electrons. The zero-order valence-corrected chi connectivity index (χ0v) is 10.6. The molecule has 0 radical (unpaired) electrons. The molecule has 0 aromatic heterocycles. The minimum absolute atomic E-state index is 0.160. The average Bonchev–Trinajstić information content (AvgIpc) is 2.33. The standard InChI is InChI=1S/C10H14.C3H2N2O2/c1-7-5-6-8(2)10(4)9(7)3;6-2-4-1-5-3-7/h5-6H,1-4H3;1H2. The Morgan fingerprint density at radius 3 is 1.53 bits per heavy atom. The van der Waals surface area contributed by atoms with Crippen LogP contribution in [0.1, 0.15) is 22.3 Å². The Morgan fingerprint density at radius 2 is 1.24 bits per heavy atom. The van der Waals surface area contributed by atoms with Crippen LogP contribution in [0.4, 0.5) is 0 Å². The van der Waals surface area contributed by atoms with Crippen molar-refractivity contribution in [3.8, 4) is 0 Å². The van der Waals surface area contributed by atoms with Gasteiger partial charge in [-0.3, -0.25) is 0 Å². The zero-order chi connectivity index (χ0) is 13.3. The summed E-state index contributed by atoms with van der Waals surface area (Å²) in [6.07, 6.45) is 2.41. The van der Waals surface area contributed by atoms with Gasteiger partial charge in [0.1, 0.15) is 0 Å². The van der Waals surface area contributed by atoms with Crippen molar-refractivity contribution in [1.29, 1.82) is 0 Å². The number of hydrogen-bond acceptors (Lipinski definition) is 4. The second-order valence-corrected chi connectivity index (χ2v) is 3.59. The highest BCUT2D eigenvalue weighted by Gasteiger charge is 1.97. The first-order valence-corrected chi connectivity index (χ1v) is 5.15. The summed E-state index contributed by atoms with van der Waals surface area (Å²) in [5, 5.41) is 0. The van der Waals surface area contributed by atoms with Crippen LogP contribution in [0.5, 0.6) is 0 Å². The highest BCUT2D eigenvalue weighted by molar-refractivity contribution is 5.37. The van der Waals surface area contributed by atoms with Crippen molar-refractivity contribution >= 4 is 12.2 Å². The van der Waals surface area contributed by atoms with E-state index in [-0.39, 0.29) is 6.67 Å². The quantitative estimate of drug-likeness (QED) is 0.581. The van der Waals surface area contributed by atoms with Gasteiger partial charge in [0.25, 0.3) is 0 Å². The minimum atomic E-state index is -0.160. The van der Waals surface area contributed by atoms with E-state index in [1.807, 2.05) is 0 Å². The Kier molecular flexibility index (Phi) is 7.20. The Labute approximate surface area is 101 Å². The fourth-order valence-electron chi connectivity index (χ4n) is 1.18. The maximum atomic E-state index is 9.20. The molecule has 1 aromatic rings. The van der Waals surface area contributed by atoms with Crippen molar-refractivity contribution in [3.63, 3.8) is 0 Å². The first-order chi connectivity index (χ1) is 8.04. The molecule has 1 rings (SSSR count). The molecule has 0 spiro atoms. The van der Waals surface area contributed by atoms with Crippen molar-refractivity contribution in [2.75, 3.05) is 6.67 Å². The molecule has 17 heavy (non-hydrogen) atoms. The SMILES string of the molecule is Cc1ccc(C)c(C)c1C.O=C=NCN=C=O. The molecule has 0 aliphatic rings. The molecule has 0 bridgehead atoms. The molecule has 0 amide bonds. The van der Waals surface area contributed by atoms with Gasteiger partial charge < -0.3 is 0 Å². The van der Waals surface area contributed by atoms with Crippen LogP contribution in [-0.4, -0.2) is 18.8 Å². The van der Waals surface area contributed by atoms with E-state index in [1.165, 1.54) is 34.4 Å². The zero-order valence-electron chi connectivity index (χ0n) is 10.6. The van der Waals surface area contributed by atoms with Gasteiger partial charge in [-0.1, -0.05) is 12.1 Å². The number of hydrogen-bond donors (Lipinski definition) is 0. The average molecular weight is 232 g/mol. The summed E-state index contributed by atoms with van der Waals surface area (Å²) in [4.78, 5) is 24.2.